The highest BCUT2D eigenvalue weighted by atomic mass is 16.2. The monoisotopic (exact) mass is 275 g/mol. The lowest BCUT2D eigenvalue weighted by Crippen LogP contribution is -2.41. The van der Waals surface area contributed by atoms with Gasteiger partial charge in [-0.15, -0.1) is 0 Å². The maximum Gasteiger partial charge on any atom is 0.255 e. The van der Waals surface area contributed by atoms with Crippen molar-refractivity contribution in [2.24, 2.45) is 0 Å². The molecular weight excluding hydrogens is 254 g/mol. The van der Waals surface area contributed by atoms with E-state index in [0.29, 0.717) is 17.8 Å². The minimum absolute atomic E-state index is 0.0987. The molecule has 20 heavy (non-hydrogen) atoms. The lowest BCUT2D eigenvalue weighted by atomic mass is 10.1. The van der Waals surface area contributed by atoms with Crippen molar-refractivity contribution in [2.75, 3.05) is 12.3 Å². The van der Waals surface area contributed by atoms with Gasteiger partial charge in [-0.05, 0) is 31.0 Å². The second kappa shape index (κ2) is 5.94. The summed E-state index contributed by atoms with van der Waals surface area (Å²) in [6, 6.07) is 5.44. The number of rotatable bonds is 5. The normalized spacial score (nSPS) is 15.1. The van der Waals surface area contributed by atoms with Crippen molar-refractivity contribution in [2.45, 2.75) is 39.3 Å². The largest absolute Gasteiger partial charge is 0.399 e. The zero-order valence-electron chi connectivity index (χ0n) is 12.0. The Kier molecular flexibility index (Phi) is 4.27. The molecule has 1 aliphatic rings. The van der Waals surface area contributed by atoms with E-state index in [4.69, 9.17) is 5.73 Å². The van der Waals surface area contributed by atoms with Gasteiger partial charge in [0.25, 0.3) is 5.91 Å². The number of anilines is 1. The van der Waals surface area contributed by atoms with E-state index < -0.39 is 0 Å². The van der Waals surface area contributed by atoms with Crippen molar-refractivity contribution in [3.63, 3.8) is 0 Å². The van der Waals surface area contributed by atoms with E-state index in [2.05, 4.69) is 12.2 Å². The van der Waals surface area contributed by atoms with Gasteiger partial charge in [0.15, 0.2) is 0 Å². The van der Waals surface area contributed by atoms with Crippen LogP contribution in [0.2, 0.25) is 0 Å². The standard InChI is InChI=1S/C15H21N3O2/c1-3-4-10(2)17-14(19)9-18-8-11-5-6-12(16)7-13(11)15(18)20/h5-7,10H,3-4,8-9,16H2,1-2H3,(H,17,19). The van der Waals surface area contributed by atoms with Gasteiger partial charge in [0, 0.05) is 23.8 Å². The number of nitrogens with one attached hydrogen (secondary N) is 1. The molecule has 0 aliphatic carbocycles. The fourth-order valence-corrected chi connectivity index (χ4v) is 2.51. The topological polar surface area (TPSA) is 75.4 Å². The molecule has 0 spiro atoms. The average molecular weight is 275 g/mol. The summed E-state index contributed by atoms with van der Waals surface area (Å²) in [6.07, 6.45) is 1.96. The molecule has 1 aromatic rings. The number of nitrogens with two attached hydrogens (primary N) is 1. The first-order valence-corrected chi connectivity index (χ1v) is 6.98. The van der Waals surface area contributed by atoms with Crippen molar-refractivity contribution in [1.82, 2.24) is 10.2 Å². The van der Waals surface area contributed by atoms with Crippen LogP contribution in [0.25, 0.3) is 0 Å². The second-order valence-corrected chi connectivity index (χ2v) is 5.34. The lowest BCUT2D eigenvalue weighted by Gasteiger charge is -2.18. The molecule has 0 bridgehead atoms. The van der Waals surface area contributed by atoms with Crippen LogP contribution in [0, 0.1) is 0 Å². The molecule has 0 saturated heterocycles. The van der Waals surface area contributed by atoms with Gasteiger partial charge in [0.05, 0.1) is 0 Å². The van der Waals surface area contributed by atoms with E-state index in [1.807, 2.05) is 13.0 Å². The molecule has 0 aromatic heterocycles. The molecule has 2 amide bonds. The number of hydrogen-bond acceptors (Lipinski definition) is 3. The summed E-state index contributed by atoms with van der Waals surface area (Å²) in [6.45, 7) is 4.63. The number of benzene rings is 1. The highest BCUT2D eigenvalue weighted by Crippen LogP contribution is 2.24. The fourth-order valence-electron chi connectivity index (χ4n) is 2.51. The van der Waals surface area contributed by atoms with Crippen LogP contribution in [-0.2, 0) is 11.3 Å². The van der Waals surface area contributed by atoms with Crippen LogP contribution in [0.4, 0.5) is 5.69 Å². The SMILES string of the molecule is CCCC(C)NC(=O)CN1Cc2ccc(N)cc2C1=O. The number of carbonyl (C=O) groups is 2. The van der Waals surface area contributed by atoms with Gasteiger partial charge < -0.3 is 16.0 Å². The van der Waals surface area contributed by atoms with E-state index in [1.54, 1.807) is 17.0 Å². The summed E-state index contributed by atoms with van der Waals surface area (Å²) in [5, 5.41) is 2.91. The number of nitrogens with zero attached hydrogens (tertiary/aromatic N) is 1. The smallest absolute Gasteiger partial charge is 0.255 e. The number of fused-ring (bicyclic) bond motifs is 1. The average Bonchev–Trinajstić information content (AvgIpc) is 2.67. The number of nitrogen functional groups attached to an aromatic ring is 1. The predicted octanol–water partition coefficient (Wildman–Crippen LogP) is 1.53. The van der Waals surface area contributed by atoms with Gasteiger partial charge in [-0.2, -0.15) is 0 Å². The van der Waals surface area contributed by atoms with Crippen molar-refractivity contribution in [3.05, 3.63) is 29.3 Å². The fraction of sp³-hybridized carbons (Fsp3) is 0.467. The maximum absolute atomic E-state index is 12.2. The molecule has 1 unspecified atom stereocenters. The van der Waals surface area contributed by atoms with E-state index in [1.165, 1.54) is 0 Å². The quantitative estimate of drug-likeness (QED) is 0.800. The zero-order chi connectivity index (χ0) is 14.7. The number of carbonyl (C=O) groups excluding carboxylic acids is 2. The molecule has 0 radical (unpaired) electrons. The first kappa shape index (κ1) is 14.4. The van der Waals surface area contributed by atoms with Crippen LogP contribution in [0.15, 0.2) is 18.2 Å². The minimum atomic E-state index is -0.120. The molecule has 5 heteroatoms. The van der Waals surface area contributed by atoms with Crippen LogP contribution in [0.1, 0.15) is 42.6 Å². The summed E-state index contributed by atoms with van der Waals surface area (Å²) in [7, 11) is 0. The third-order valence-electron chi connectivity index (χ3n) is 3.48. The Labute approximate surface area is 119 Å². The second-order valence-electron chi connectivity index (χ2n) is 5.34. The Balaban J connectivity index is 1.96. The van der Waals surface area contributed by atoms with Crippen LogP contribution >= 0.6 is 0 Å². The summed E-state index contributed by atoms with van der Waals surface area (Å²) in [5.41, 5.74) is 7.80. The van der Waals surface area contributed by atoms with Gasteiger partial charge in [-0.1, -0.05) is 19.4 Å². The van der Waals surface area contributed by atoms with Crippen molar-refractivity contribution < 1.29 is 9.59 Å². The summed E-state index contributed by atoms with van der Waals surface area (Å²) >= 11 is 0. The Morgan fingerprint density at radius 2 is 2.25 bits per heavy atom. The van der Waals surface area contributed by atoms with Crippen LogP contribution in [0.5, 0.6) is 0 Å². The number of amides is 2. The molecule has 1 heterocycles. The van der Waals surface area contributed by atoms with Crippen molar-refractivity contribution >= 4 is 17.5 Å². The highest BCUT2D eigenvalue weighted by molar-refractivity contribution is 6.00. The molecule has 1 aromatic carbocycles. The van der Waals surface area contributed by atoms with Crippen LogP contribution in [0.3, 0.4) is 0 Å². The van der Waals surface area contributed by atoms with E-state index >= 15 is 0 Å². The molecule has 5 nitrogen and oxygen atoms in total. The maximum atomic E-state index is 12.2. The summed E-state index contributed by atoms with van der Waals surface area (Å²) in [4.78, 5) is 25.7. The molecule has 3 N–H and O–H groups in total. The molecule has 1 atom stereocenters. The van der Waals surface area contributed by atoms with Gasteiger partial charge in [-0.3, -0.25) is 9.59 Å². The first-order valence-electron chi connectivity index (χ1n) is 6.98. The lowest BCUT2D eigenvalue weighted by molar-refractivity contribution is -0.122. The summed E-state index contributed by atoms with van der Waals surface area (Å²) in [5.74, 6) is -0.231. The molecule has 0 fully saturated rings. The van der Waals surface area contributed by atoms with Gasteiger partial charge in [0.2, 0.25) is 5.91 Å². The first-order chi connectivity index (χ1) is 9.51. The summed E-state index contributed by atoms with van der Waals surface area (Å²) < 4.78 is 0. The molecular formula is C15H21N3O2. The highest BCUT2D eigenvalue weighted by Gasteiger charge is 2.28. The molecule has 0 saturated carbocycles. The van der Waals surface area contributed by atoms with E-state index in [-0.39, 0.29) is 24.4 Å². The van der Waals surface area contributed by atoms with Crippen molar-refractivity contribution in [3.8, 4) is 0 Å². The third kappa shape index (κ3) is 3.10. The van der Waals surface area contributed by atoms with Crippen molar-refractivity contribution in [1.29, 1.82) is 0 Å². The zero-order valence-corrected chi connectivity index (χ0v) is 12.0. The van der Waals surface area contributed by atoms with E-state index in [9.17, 15) is 9.59 Å². The Morgan fingerprint density at radius 3 is 2.95 bits per heavy atom. The Morgan fingerprint density at radius 1 is 1.50 bits per heavy atom. The van der Waals surface area contributed by atoms with Gasteiger partial charge in [0.1, 0.15) is 6.54 Å². The third-order valence-corrected chi connectivity index (χ3v) is 3.48. The van der Waals surface area contributed by atoms with Crippen LogP contribution < -0.4 is 11.1 Å². The molecule has 1 aliphatic heterocycles. The van der Waals surface area contributed by atoms with Crippen LogP contribution in [-0.4, -0.2) is 29.3 Å². The minimum Gasteiger partial charge on any atom is -0.399 e. The molecule has 2 rings (SSSR count). The number of hydrogen-bond donors (Lipinski definition) is 2. The van der Waals surface area contributed by atoms with Gasteiger partial charge >= 0.3 is 0 Å². The Hall–Kier alpha value is -2.04. The van der Waals surface area contributed by atoms with E-state index in [0.717, 1.165) is 18.4 Å². The molecule has 108 valence electrons. The van der Waals surface area contributed by atoms with Gasteiger partial charge in [-0.25, -0.2) is 0 Å². The predicted molar refractivity (Wildman–Crippen MR) is 78.1 cm³/mol. The Bertz CT molecular complexity index is 528.